The fraction of sp³-hybridized carbons (Fsp3) is 0.739. The molecule has 2 atom stereocenters. The highest BCUT2D eigenvalue weighted by molar-refractivity contribution is 5.96. The minimum Gasteiger partial charge on any atom is -0.481 e. The molecule has 0 bridgehead atoms. The third kappa shape index (κ3) is 13.0. The summed E-state index contributed by atoms with van der Waals surface area (Å²) < 4.78 is 21.0. The summed E-state index contributed by atoms with van der Waals surface area (Å²) >= 11 is 0. The van der Waals surface area contributed by atoms with Gasteiger partial charge in [-0.1, -0.05) is 26.7 Å². The first kappa shape index (κ1) is 30.5. The van der Waals surface area contributed by atoms with E-state index in [-0.39, 0.29) is 32.0 Å². The van der Waals surface area contributed by atoms with E-state index in [1.165, 1.54) is 13.8 Å². The Morgan fingerprint density at radius 1 is 0.697 bits per heavy atom. The second kappa shape index (κ2) is 18.0. The van der Waals surface area contributed by atoms with Crippen molar-refractivity contribution in [3.8, 4) is 0 Å². The van der Waals surface area contributed by atoms with Crippen LogP contribution in [0.4, 0.5) is 0 Å². The quantitative estimate of drug-likeness (QED) is 0.163. The molecule has 0 aliphatic heterocycles. The zero-order valence-electron chi connectivity index (χ0n) is 20.1. The van der Waals surface area contributed by atoms with Crippen LogP contribution in [0.15, 0.2) is 11.1 Å². The van der Waals surface area contributed by atoms with Crippen LogP contribution in [-0.2, 0) is 38.1 Å². The molecule has 0 aromatic carbocycles. The van der Waals surface area contributed by atoms with E-state index in [4.69, 9.17) is 24.1 Å². The predicted octanol–water partition coefficient (Wildman–Crippen LogP) is 2.83. The average molecular weight is 475 g/mol. The van der Waals surface area contributed by atoms with Crippen LogP contribution in [0.3, 0.4) is 0 Å². The van der Waals surface area contributed by atoms with Gasteiger partial charge in [-0.05, 0) is 32.3 Å². The van der Waals surface area contributed by atoms with Gasteiger partial charge in [0.05, 0.1) is 31.5 Å². The Labute approximate surface area is 195 Å². The molecule has 0 saturated heterocycles. The van der Waals surface area contributed by atoms with Crippen molar-refractivity contribution in [1.29, 1.82) is 0 Å². The molecule has 0 heterocycles. The molecule has 0 aliphatic carbocycles. The van der Waals surface area contributed by atoms with Gasteiger partial charge in [0.1, 0.15) is 13.2 Å². The number of ether oxygens (including phenoxy) is 4. The van der Waals surface area contributed by atoms with Crippen LogP contribution in [-0.4, -0.2) is 73.7 Å². The highest BCUT2D eigenvalue weighted by Crippen LogP contribution is 2.28. The zero-order valence-corrected chi connectivity index (χ0v) is 20.1. The maximum absolute atomic E-state index is 12.5. The number of carboxylic acid groups (broad SMARTS) is 2. The van der Waals surface area contributed by atoms with Crippen LogP contribution in [0.25, 0.3) is 0 Å². The van der Waals surface area contributed by atoms with Crippen molar-refractivity contribution in [1.82, 2.24) is 0 Å². The van der Waals surface area contributed by atoms with Gasteiger partial charge in [0.2, 0.25) is 0 Å². The third-order valence-electron chi connectivity index (χ3n) is 4.80. The Morgan fingerprint density at radius 3 is 1.45 bits per heavy atom. The second-order valence-electron chi connectivity index (χ2n) is 7.52. The van der Waals surface area contributed by atoms with Crippen molar-refractivity contribution >= 4 is 23.9 Å². The van der Waals surface area contributed by atoms with E-state index in [1.54, 1.807) is 0 Å². The minimum atomic E-state index is -1.53. The smallest absolute Gasteiger partial charge is 0.332 e. The number of esters is 2. The maximum Gasteiger partial charge on any atom is 0.332 e. The van der Waals surface area contributed by atoms with Crippen molar-refractivity contribution in [3.05, 3.63) is 11.1 Å². The van der Waals surface area contributed by atoms with Crippen molar-refractivity contribution in [3.63, 3.8) is 0 Å². The zero-order chi connectivity index (χ0) is 25.2. The van der Waals surface area contributed by atoms with E-state index in [9.17, 15) is 24.3 Å². The first-order chi connectivity index (χ1) is 15.7. The molecule has 0 saturated carbocycles. The number of aliphatic carboxylic acids is 2. The molecule has 33 heavy (non-hydrogen) atoms. The number of rotatable bonds is 19. The number of carbonyl (C=O) groups excluding carboxylic acids is 2. The van der Waals surface area contributed by atoms with E-state index < -0.39 is 47.7 Å². The van der Waals surface area contributed by atoms with E-state index >= 15 is 0 Å². The van der Waals surface area contributed by atoms with Gasteiger partial charge in [0.15, 0.2) is 0 Å². The molecule has 0 spiro atoms. The lowest BCUT2D eigenvalue weighted by Crippen LogP contribution is -2.30. The van der Waals surface area contributed by atoms with Crippen LogP contribution < -0.4 is 0 Å². The van der Waals surface area contributed by atoms with E-state index in [0.29, 0.717) is 13.2 Å². The highest BCUT2D eigenvalue weighted by Gasteiger charge is 2.34. The molecule has 10 nitrogen and oxygen atoms in total. The minimum absolute atomic E-state index is 0.0462. The first-order valence-electron chi connectivity index (χ1n) is 11.3. The molecule has 0 aliphatic rings. The van der Waals surface area contributed by atoms with E-state index in [2.05, 4.69) is 0 Å². The second-order valence-corrected chi connectivity index (χ2v) is 7.52. The molecule has 190 valence electrons. The SMILES string of the molecule is CCCCOCCOC(=O)C(C)C(=C(CC(=O)O)C(=O)O)C(C)C(=O)OCCOCCCC. The lowest BCUT2D eigenvalue weighted by atomic mass is 9.84. The Morgan fingerprint density at radius 2 is 1.12 bits per heavy atom. The Kier molecular flexibility index (Phi) is 16.7. The van der Waals surface area contributed by atoms with Gasteiger partial charge in [-0.25, -0.2) is 4.79 Å². The normalized spacial score (nSPS) is 12.5. The summed E-state index contributed by atoms with van der Waals surface area (Å²) in [6, 6.07) is 0. The van der Waals surface area contributed by atoms with Crippen LogP contribution in [0.1, 0.15) is 59.8 Å². The summed E-state index contributed by atoms with van der Waals surface area (Å²) in [5, 5.41) is 18.7. The largest absolute Gasteiger partial charge is 0.481 e. The van der Waals surface area contributed by atoms with Crippen molar-refractivity contribution in [2.75, 3.05) is 39.6 Å². The third-order valence-corrected chi connectivity index (χ3v) is 4.80. The van der Waals surface area contributed by atoms with Gasteiger partial charge >= 0.3 is 23.9 Å². The van der Waals surface area contributed by atoms with Crippen molar-refractivity contribution in [2.45, 2.75) is 59.8 Å². The van der Waals surface area contributed by atoms with Crippen molar-refractivity contribution < 1.29 is 48.3 Å². The molecular formula is C23H38O10. The Bertz CT molecular complexity index is 620. The summed E-state index contributed by atoms with van der Waals surface area (Å²) in [6.07, 6.45) is 2.81. The Hall–Kier alpha value is -2.46. The molecule has 0 aromatic heterocycles. The van der Waals surface area contributed by atoms with Gasteiger partial charge in [0, 0.05) is 18.8 Å². The van der Waals surface area contributed by atoms with Gasteiger partial charge in [-0.15, -0.1) is 0 Å². The highest BCUT2D eigenvalue weighted by atomic mass is 16.6. The summed E-state index contributed by atoms with van der Waals surface area (Å²) in [7, 11) is 0. The molecule has 2 unspecified atom stereocenters. The maximum atomic E-state index is 12.5. The van der Waals surface area contributed by atoms with Gasteiger partial charge in [-0.2, -0.15) is 0 Å². The monoisotopic (exact) mass is 474 g/mol. The lowest BCUT2D eigenvalue weighted by molar-refractivity contribution is -0.150. The molecule has 2 N–H and O–H groups in total. The van der Waals surface area contributed by atoms with Crippen LogP contribution in [0.2, 0.25) is 0 Å². The van der Waals surface area contributed by atoms with Crippen LogP contribution in [0, 0.1) is 11.8 Å². The Balaban J connectivity index is 5.35. The van der Waals surface area contributed by atoms with E-state index in [1.807, 2.05) is 13.8 Å². The van der Waals surface area contributed by atoms with Gasteiger partial charge in [0.25, 0.3) is 0 Å². The summed E-state index contributed by atoms with van der Waals surface area (Å²) in [4.78, 5) is 48.1. The molecule has 0 aromatic rings. The number of hydrogen-bond acceptors (Lipinski definition) is 8. The molecule has 10 heteroatoms. The molecule has 0 radical (unpaired) electrons. The van der Waals surface area contributed by atoms with Crippen LogP contribution in [0.5, 0.6) is 0 Å². The first-order valence-corrected chi connectivity index (χ1v) is 11.3. The standard InChI is InChI=1S/C23H38O10/c1-5-7-9-30-11-13-32-22(28)16(3)20(18(21(26)27)15-19(24)25)17(4)23(29)33-14-12-31-10-8-6-2/h16-17H,5-15H2,1-4H3,(H,24,25)(H,26,27). The summed E-state index contributed by atoms with van der Waals surface area (Å²) in [5.41, 5.74) is -0.700. The summed E-state index contributed by atoms with van der Waals surface area (Å²) in [5.74, 6) is -6.84. The number of unbranched alkanes of at least 4 members (excludes halogenated alkanes) is 2. The number of hydrogen-bond donors (Lipinski definition) is 2. The van der Waals surface area contributed by atoms with Gasteiger partial charge in [-0.3, -0.25) is 14.4 Å². The summed E-state index contributed by atoms with van der Waals surface area (Å²) in [6.45, 7) is 8.09. The lowest BCUT2D eigenvalue weighted by Gasteiger charge is -2.23. The van der Waals surface area contributed by atoms with Gasteiger partial charge < -0.3 is 29.2 Å². The molecule has 0 fully saturated rings. The number of carbonyl (C=O) groups is 4. The molecular weight excluding hydrogens is 436 g/mol. The topological polar surface area (TPSA) is 146 Å². The molecule has 0 amide bonds. The van der Waals surface area contributed by atoms with Crippen molar-refractivity contribution in [2.24, 2.45) is 11.8 Å². The fourth-order valence-corrected chi connectivity index (χ4v) is 2.95. The average Bonchev–Trinajstić information content (AvgIpc) is 2.76. The van der Waals surface area contributed by atoms with Crippen LogP contribution >= 0.6 is 0 Å². The number of carboxylic acids is 2. The molecule has 0 rings (SSSR count). The fourth-order valence-electron chi connectivity index (χ4n) is 2.95. The predicted molar refractivity (Wildman–Crippen MR) is 119 cm³/mol. The van der Waals surface area contributed by atoms with E-state index in [0.717, 1.165) is 25.7 Å².